The molecule has 0 unspecified atom stereocenters. The highest BCUT2D eigenvalue weighted by Gasteiger charge is 2.33. The van der Waals surface area contributed by atoms with E-state index in [0.717, 1.165) is 31.0 Å². The molecule has 1 aromatic rings. The van der Waals surface area contributed by atoms with Gasteiger partial charge in [0.2, 0.25) is 0 Å². The lowest BCUT2D eigenvalue weighted by Crippen LogP contribution is -2.34. The second-order valence-electron chi connectivity index (χ2n) is 4.37. The van der Waals surface area contributed by atoms with E-state index in [1.807, 2.05) is 0 Å². The Bertz CT molecular complexity index is 520. The zero-order chi connectivity index (χ0) is 14.0. The van der Waals surface area contributed by atoms with Gasteiger partial charge in [0.25, 0.3) is 11.6 Å². The van der Waals surface area contributed by atoms with Gasteiger partial charge in [-0.05, 0) is 18.9 Å². The maximum atomic E-state index is 13.3. The minimum atomic E-state index is -0.771. The molecule has 0 N–H and O–H groups in total. The van der Waals surface area contributed by atoms with Crippen LogP contribution in [0, 0.1) is 15.9 Å². The smallest absolute Gasteiger partial charge is 0.273 e. The van der Waals surface area contributed by atoms with Gasteiger partial charge in [0.05, 0.1) is 11.0 Å². The predicted molar refractivity (Wildman–Crippen MR) is 70.9 cm³/mol. The summed E-state index contributed by atoms with van der Waals surface area (Å²) < 4.78 is 13.3. The van der Waals surface area contributed by atoms with Crippen LogP contribution in [0.15, 0.2) is 18.2 Å². The van der Waals surface area contributed by atoms with Crippen LogP contribution in [0.25, 0.3) is 0 Å². The van der Waals surface area contributed by atoms with E-state index in [9.17, 15) is 19.3 Å². The van der Waals surface area contributed by atoms with Crippen LogP contribution >= 0.6 is 15.9 Å². The number of nitro benzene ring substituents is 1. The molecule has 0 bridgehead atoms. The Kier molecular flexibility index (Phi) is 4.14. The van der Waals surface area contributed by atoms with Gasteiger partial charge in [0.1, 0.15) is 5.82 Å². The van der Waals surface area contributed by atoms with Crippen molar-refractivity contribution in [1.29, 1.82) is 0 Å². The highest BCUT2D eigenvalue weighted by atomic mass is 79.9. The highest BCUT2D eigenvalue weighted by Crippen LogP contribution is 2.29. The van der Waals surface area contributed by atoms with Crippen molar-refractivity contribution in [3.05, 3.63) is 39.7 Å². The molecule has 1 amide bonds. The second kappa shape index (κ2) is 5.64. The van der Waals surface area contributed by atoms with Crippen LogP contribution in [0.3, 0.4) is 0 Å². The fraction of sp³-hybridized carbons (Fsp3) is 0.417. The number of carbonyl (C=O) groups is 1. The number of nitro groups is 1. The normalized spacial score (nSPS) is 14.2. The number of amides is 1. The number of nitrogens with zero attached hydrogens (tertiary/aromatic N) is 2. The number of rotatable bonds is 5. The maximum Gasteiger partial charge on any atom is 0.273 e. The lowest BCUT2D eigenvalue weighted by atomic mass is 10.1. The molecule has 0 atom stereocenters. The predicted octanol–water partition coefficient (Wildman–Crippen LogP) is 2.73. The monoisotopic (exact) mass is 330 g/mol. The zero-order valence-electron chi connectivity index (χ0n) is 10.0. The topological polar surface area (TPSA) is 63.4 Å². The molecule has 1 aliphatic rings. The first-order valence-electron chi connectivity index (χ1n) is 5.85. The average Bonchev–Trinajstić information content (AvgIpc) is 3.18. The van der Waals surface area contributed by atoms with Crippen LogP contribution in [0.4, 0.5) is 10.1 Å². The molecule has 1 saturated carbocycles. The molecule has 2 rings (SSSR count). The summed E-state index contributed by atoms with van der Waals surface area (Å²) in [5.74, 6) is -1.13. The fourth-order valence-electron chi connectivity index (χ4n) is 1.90. The number of carbonyl (C=O) groups excluding carboxylic acids is 1. The van der Waals surface area contributed by atoms with E-state index in [4.69, 9.17) is 0 Å². The molecule has 5 nitrogen and oxygen atoms in total. The van der Waals surface area contributed by atoms with Gasteiger partial charge in [-0.25, -0.2) is 4.39 Å². The summed E-state index contributed by atoms with van der Waals surface area (Å²) in [6.07, 6.45) is 1.85. The summed E-state index contributed by atoms with van der Waals surface area (Å²) in [6.45, 7) is 0.508. The molecule has 0 spiro atoms. The summed E-state index contributed by atoms with van der Waals surface area (Å²) in [4.78, 5) is 23.9. The number of non-ortho nitro benzene ring substituents is 1. The Morgan fingerprint density at radius 1 is 1.47 bits per heavy atom. The van der Waals surface area contributed by atoms with Crippen LogP contribution in [-0.2, 0) is 0 Å². The van der Waals surface area contributed by atoms with Crippen LogP contribution < -0.4 is 0 Å². The first-order valence-corrected chi connectivity index (χ1v) is 6.97. The third-order valence-electron chi connectivity index (χ3n) is 2.91. The number of halogens is 2. The Morgan fingerprint density at radius 2 is 2.16 bits per heavy atom. The molecule has 0 heterocycles. The van der Waals surface area contributed by atoms with E-state index in [0.29, 0.717) is 11.9 Å². The molecule has 7 heteroatoms. The highest BCUT2D eigenvalue weighted by molar-refractivity contribution is 9.09. The summed E-state index contributed by atoms with van der Waals surface area (Å²) in [5, 5.41) is 11.3. The van der Waals surface area contributed by atoms with Gasteiger partial charge in [-0.3, -0.25) is 14.9 Å². The van der Waals surface area contributed by atoms with E-state index in [1.165, 1.54) is 0 Å². The van der Waals surface area contributed by atoms with E-state index in [1.54, 1.807) is 4.90 Å². The lowest BCUT2D eigenvalue weighted by Gasteiger charge is -2.21. The van der Waals surface area contributed by atoms with Gasteiger partial charge in [0.15, 0.2) is 0 Å². The van der Waals surface area contributed by atoms with Crippen LogP contribution in [0.5, 0.6) is 0 Å². The van der Waals surface area contributed by atoms with Crippen molar-refractivity contribution in [2.45, 2.75) is 18.9 Å². The first-order chi connectivity index (χ1) is 9.02. The molecule has 1 aliphatic carbocycles. The molecule has 102 valence electrons. The lowest BCUT2D eigenvalue weighted by molar-refractivity contribution is -0.385. The summed E-state index contributed by atoms with van der Waals surface area (Å²) in [7, 11) is 0. The Balaban J connectivity index is 2.28. The van der Waals surface area contributed by atoms with Crippen LogP contribution in [0.1, 0.15) is 23.2 Å². The van der Waals surface area contributed by atoms with Crippen molar-refractivity contribution in [3.8, 4) is 0 Å². The van der Waals surface area contributed by atoms with Crippen LogP contribution in [0.2, 0.25) is 0 Å². The fourth-order valence-corrected chi connectivity index (χ4v) is 2.28. The van der Waals surface area contributed by atoms with Crippen molar-refractivity contribution in [2.75, 3.05) is 11.9 Å². The number of hydrogen-bond acceptors (Lipinski definition) is 3. The summed E-state index contributed by atoms with van der Waals surface area (Å²) in [6, 6.07) is 3.14. The van der Waals surface area contributed by atoms with Gasteiger partial charge in [-0.2, -0.15) is 0 Å². The van der Waals surface area contributed by atoms with Gasteiger partial charge in [0, 0.05) is 29.5 Å². The molecule has 0 aliphatic heterocycles. The third kappa shape index (κ3) is 3.28. The maximum absolute atomic E-state index is 13.3. The van der Waals surface area contributed by atoms with Gasteiger partial charge >= 0.3 is 0 Å². The number of alkyl halides is 1. The molecule has 0 aromatic heterocycles. The van der Waals surface area contributed by atoms with Crippen molar-refractivity contribution in [1.82, 2.24) is 4.90 Å². The largest absolute Gasteiger partial charge is 0.335 e. The molecular formula is C12H12BrFN2O3. The van der Waals surface area contributed by atoms with E-state index < -0.39 is 16.4 Å². The quantitative estimate of drug-likeness (QED) is 0.473. The van der Waals surface area contributed by atoms with E-state index >= 15 is 0 Å². The summed E-state index contributed by atoms with van der Waals surface area (Å²) >= 11 is 3.26. The molecule has 1 aromatic carbocycles. The average molecular weight is 331 g/mol. The minimum Gasteiger partial charge on any atom is -0.335 e. The molecule has 0 saturated heterocycles. The molecule has 19 heavy (non-hydrogen) atoms. The van der Waals surface area contributed by atoms with Gasteiger partial charge < -0.3 is 4.90 Å². The number of hydrogen-bond donors (Lipinski definition) is 0. The van der Waals surface area contributed by atoms with Gasteiger partial charge in [-0.1, -0.05) is 15.9 Å². The van der Waals surface area contributed by atoms with Crippen molar-refractivity contribution in [2.24, 2.45) is 0 Å². The van der Waals surface area contributed by atoms with E-state index in [-0.39, 0.29) is 17.5 Å². The molecule has 0 radical (unpaired) electrons. The Hall–Kier alpha value is -1.50. The molecule has 1 fully saturated rings. The SMILES string of the molecule is O=C(c1cc(F)cc([N+](=O)[O-])c1)N(CCBr)C1CC1. The van der Waals surface area contributed by atoms with Crippen molar-refractivity contribution >= 4 is 27.5 Å². The van der Waals surface area contributed by atoms with Crippen LogP contribution in [-0.4, -0.2) is 33.6 Å². The Labute approximate surface area is 117 Å². The van der Waals surface area contributed by atoms with E-state index in [2.05, 4.69) is 15.9 Å². The van der Waals surface area contributed by atoms with Crippen molar-refractivity contribution in [3.63, 3.8) is 0 Å². The van der Waals surface area contributed by atoms with Crippen molar-refractivity contribution < 1.29 is 14.1 Å². The Morgan fingerprint density at radius 3 is 2.68 bits per heavy atom. The second-order valence-corrected chi connectivity index (χ2v) is 5.17. The molecular weight excluding hydrogens is 319 g/mol. The minimum absolute atomic E-state index is 0.0274. The third-order valence-corrected chi connectivity index (χ3v) is 3.27. The van der Waals surface area contributed by atoms with Gasteiger partial charge in [-0.15, -0.1) is 0 Å². The first kappa shape index (κ1) is 13.9. The zero-order valence-corrected chi connectivity index (χ0v) is 11.6. The standard InChI is InChI=1S/C12H12BrFN2O3/c13-3-4-15(10-1-2-10)12(17)8-5-9(14)7-11(6-8)16(18)19/h5-7,10H,1-4H2. The summed E-state index contributed by atoms with van der Waals surface area (Å²) in [5.41, 5.74) is -0.377. The number of benzene rings is 1.